The molecule has 4 heterocycles. The quantitative estimate of drug-likeness (QED) is 0.900. The predicted molar refractivity (Wildman–Crippen MR) is 77.9 cm³/mol. The first-order valence-electron chi connectivity index (χ1n) is 7.28. The summed E-state index contributed by atoms with van der Waals surface area (Å²) in [7, 11) is 0. The topological polar surface area (TPSA) is 60.5 Å². The van der Waals surface area contributed by atoms with Gasteiger partial charge in [-0.05, 0) is 37.1 Å². The highest BCUT2D eigenvalue weighted by Crippen LogP contribution is 2.27. The largest absolute Gasteiger partial charge is 0.348 e. The molecule has 2 aromatic heterocycles. The molecule has 2 unspecified atom stereocenters. The number of amides is 1. The maximum Gasteiger partial charge on any atom is 0.253 e. The highest BCUT2D eigenvalue weighted by molar-refractivity contribution is 5.94. The Morgan fingerprint density at radius 3 is 2.95 bits per heavy atom. The van der Waals surface area contributed by atoms with E-state index in [0.29, 0.717) is 17.0 Å². The first kappa shape index (κ1) is 12.4. The van der Waals surface area contributed by atoms with Crippen LogP contribution in [0.15, 0.2) is 30.6 Å². The minimum atomic E-state index is -0.0251. The van der Waals surface area contributed by atoms with Crippen LogP contribution in [-0.2, 0) is 0 Å². The van der Waals surface area contributed by atoms with Gasteiger partial charge in [-0.3, -0.25) is 4.79 Å². The summed E-state index contributed by atoms with van der Waals surface area (Å²) in [5.74, 6) is 0.581. The van der Waals surface area contributed by atoms with Crippen molar-refractivity contribution in [2.24, 2.45) is 5.92 Å². The molecule has 5 heteroatoms. The third-order valence-corrected chi connectivity index (χ3v) is 4.69. The molecule has 5 nitrogen and oxygen atoms in total. The zero-order valence-electron chi connectivity index (χ0n) is 11.6. The van der Waals surface area contributed by atoms with Gasteiger partial charge in [-0.2, -0.15) is 5.26 Å². The maximum atomic E-state index is 12.4. The van der Waals surface area contributed by atoms with Crippen molar-refractivity contribution in [2.75, 3.05) is 19.6 Å². The second-order valence-electron chi connectivity index (χ2n) is 5.94. The Morgan fingerprint density at radius 2 is 2.24 bits per heavy atom. The molecule has 2 saturated heterocycles. The summed E-state index contributed by atoms with van der Waals surface area (Å²) in [6.07, 6.45) is 4.79. The van der Waals surface area contributed by atoms with Crippen LogP contribution < -0.4 is 5.32 Å². The number of carbonyl (C=O) groups is 1. The number of aromatic nitrogens is 1. The van der Waals surface area contributed by atoms with Crippen molar-refractivity contribution in [1.29, 1.82) is 5.26 Å². The number of rotatable bonds is 2. The van der Waals surface area contributed by atoms with E-state index in [1.54, 1.807) is 18.3 Å². The third-order valence-electron chi connectivity index (χ3n) is 4.69. The summed E-state index contributed by atoms with van der Waals surface area (Å²) in [5.41, 5.74) is 2.10. The normalized spacial score (nSPS) is 26.9. The summed E-state index contributed by atoms with van der Waals surface area (Å²) in [5, 5.41) is 12.2. The van der Waals surface area contributed by atoms with E-state index < -0.39 is 0 Å². The van der Waals surface area contributed by atoms with Gasteiger partial charge >= 0.3 is 0 Å². The average Bonchev–Trinajstić information content (AvgIpc) is 3.21. The summed E-state index contributed by atoms with van der Waals surface area (Å²) >= 11 is 0. The molecule has 106 valence electrons. The highest BCUT2D eigenvalue weighted by Gasteiger charge is 2.38. The number of pyridine rings is 1. The van der Waals surface area contributed by atoms with Crippen LogP contribution in [0.2, 0.25) is 0 Å². The second-order valence-corrected chi connectivity index (χ2v) is 5.94. The fourth-order valence-corrected chi connectivity index (χ4v) is 3.54. The van der Waals surface area contributed by atoms with Gasteiger partial charge in [0.15, 0.2) is 0 Å². The predicted octanol–water partition coefficient (Wildman–Crippen LogP) is 1.24. The molecule has 2 fully saturated rings. The summed E-state index contributed by atoms with van der Waals surface area (Å²) in [6.45, 7) is 3.26. The van der Waals surface area contributed by atoms with Crippen LogP contribution in [0.1, 0.15) is 22.3 Å². The minimum Gasteiger partial charge on any atom is -0.348 e. The van der Waals surface area contributed by atoms with Gasteiger partial charge in [-0.15, -0.1) is 0 Å². The number of nitrogens with one attached hydrogen (secondary N) is 1. The highest BCUT2D eigenvalue weighted by atomic mass is 16.1. The number of carbonyl (C=O) groups excluding carboxylic acids is 1. The lowest BCUT2D eigenvalue weighted by Crippen LogP contribution is -2.43. The molecule has 0 aliphatic carbocycles. The zero-order valence-corrected chi connectivity index (χ0v) is 11.6. The molecule has 1 amide bonds. The standard InChI is InChI=1S/C16H16N4O/c17-7-11-4-6-20-9-13(1-2-15(11)20)16(21)18-14-10-19-5-3-12(14)8-19/h1-2,4,6,9,12,14H,3,5,8,10H2,(H,18,21)/t12-,14?/m0/s1. The number of nitriles is 1. The molecule has 3 atom stereocenters. The number of fused-ring (bicyclic) bond motifs is 3. The van der Waals surface area contributed by atoms with E-state index in [4.69, 9.17) is 5.26 Å². The lowest BCUT2D eigenvalue weighted by atomic mass is 10.00. The molecule has 0 aromatic carbocycles. The molecular weight excluding hydrogens is 264 g/mol. The Bertz CT molecular complexity index is 757. The molecular formula is C16H16N4O. The molecule has 2 aliphatic rings. The Morgan fingerprint density at radius 1 is 1.33 bits per heavy atom. The summed E-state index contributed by atoms with van der Waals surface area (Å²) in [6, 6.07) is 7.81. The van der Waals surface area contributed by atoms with E-state index in [0.717, 1.165) is 18.6 Å². The lowest BCUT2D eigenvalue weighted by molar-refractivity contribution is 0.0924. The Hall–Kier alpha value is -2.32. The molecule has 2 bridgehead atoms. The van der Waals surface area contributed by atoms with E-state index in [9.17, 15) is 4.79 Å². The third kappa shape index (κ3) is 1.99. The zero-order chi connectivity index (χ0) is 14.4. The molecule has 2 aliphatic heterocycles. The Balaban J connectivity index is 1.55. The molecule has 0 radical (unpaired) electrons. The van der Waals surface area contributed by atoms with Crippen molar-refractivity contribution in [3.63, 3.8) is 0 Å². The van der Waals surface area contributed by atoms with Gasteiger partial charge in [0.05, 0.1) is 16.6 Å². The van der Waals surface area contributed by atoms with Crippen molar-refractivity contribution in [3.05, 3.63) is 41.7 Å². The van der Waals surface area contributed by atoms with Crippen molar-refractivity contribution >= 4 is 11.4 Å². The van der Waals surface area contributed by atoms with Crippen LogP contribution in [0.25, 0.3) is 5.52 Å². The van der Waals surface area contributed by atoms with E-state index in [2.05, 4.69) is 16.3 Å². The molecule has 0 saturated carbocycles. The first-order chi connectivity index (χ1) is 10.2. The Kier molecular flexibility index (Phi) is 2.72. The van der Waals surface area contributed by atoms with Gasteiger partial charge in [-0.1, -0.05) is 0 Å². The van der Waals surface area contributed by atoms with Crippen LogP contribution in [0.3, 0.4) is 0 Å². The van der Waals surface area contributed by atoms with Gasteiger partial charge in [0.1, 0.15) is 6.07 Å². The van der Waals surface area contributed by atoms with E-state index in [1.807, 2.05) is 16.7 Å². The van der Waals surface area contributed by atoms with E-state index in [1.165, 1.54) is 13.0 Å². The van der Waals surface area contributed by atoms with Crippen LogP contribution >= 0.6 is 0 Å². The number of hydrogen-bond donors (Lipinski definition) is 1. The lowest BCUT2D eigenvalue weighted by Gasteiger charge is -2.23. The minimum absolute atomic E-state index is 0.0251. The second kappa shape index (κ2) is 4.61. The monoisotopic (exact) mass is 280 g/mol. The Labute approximate surface area is 122 Å². The van der Waals surface area contributed by atoms with Gasteiger partial charge in [0, 0.05) is 31.5 Å². The summed E-state index contributed by atoms with van der Waals surface area (Å²) < 4.78 is 1.83. The molecule has 2 aromatic rings. The van der Waals surface area contributed by atoms with Gasteiger partial charge in [0.2, 0.25) is 0 Å². The van der Waals surface area contributed by atoms with Crippen LogP contribution in [0, 0.1) is 17.2 Å². The molecule has 21 heavy (non-hydrogen) atoms. The van der Waals surface area contributed by atoms with Crippen molar-refractivity contribution in [2.45, 2.75) is 12.5 Å². The van der Waals surface area contributed by atoms with Crippen molar-refractivity contribution in [3.8, 4) is 6.07 Å². The molecule has 0 spiro atoms. The van der Waals surface area contributed by atoms with Gasteiger partial charge < -0.3 is 14.6 Å². The average molecular weight is 280 g/mol. The number of nitrogens with zero attached hydrogens (tertiary/aromatic N) is 3. The van der Waals surface area contributed by atoms with Gasteiger partial charge in [-0.25, -0.2) is 0 Å². The molecule has 1 N–H and O–H groups in total. The van der Waals surface area contributed by atoms with E-state index >= 15 is 0 Å². The van der Waals surface area contributed by atoms with Crippen LogP contribution in [-0.4, -0.2) is 40.9 Å². The molecule has 4 rings (SSSR count). The summed E-state index contributed by atoms with van der Waals surface area (Å²) in [4.78, 5) is 14.8. The van der Waals surface area contributed by atoms with Crippen LogP contribution in [0.5, 0.6) is 0 Å². The van der Waals surface area contributed by atoms with Crippen LogP contribution in [0.4, 0.5) is 0 Å². The number of piperidine rings is 1. The SMILES string of the molecule is N#Cc1ccn2cc(C(=O)NC3CN4CC[C@H]3C4)ccc12. The van der Waals surface area contributed by atoms with Crippen molar-refractivity contribution < 1.29 is 4.79 Å². The fraction of sp³-hybridized carbons (Fsp3) is 0.375. The van der Waals surface area contributed by atoms with E-state index in [-0.39, 0.29) is 11.9 Å². The first-order valence-corrected chi connectivity index (χ1v) is 7.28. The van der Waals surface area contributed by atoms with Crippen molar-refractivity contribution in [1.82, 2.24) is 14.6 Å². The smallest absolute Gasteiger partial charge is 0.253 e. The van der Waals surface area contributed by atoms with Gasteiger partial charge in [0.25, 0.3) is 5.91 Å². The fourth-order valence-electron chi connectivity index (χ4n) is 3.54. The number of hydrogen-bond acceptors (Lipinski definition) is 3. The maximum absolute atomic E-state index is 12.4.